The van der Waals surface area contributed by atoms with Crippen LogP contribution in [0.4, 0.5) is 0 Å². The van der Waals surface area contributed by atoms with Crippen molar-refractivity contribution in [2.24, 2.45) is 0 Å². The monoisotopic (exact) mass is 394 g/mol. The zero-order chi connectivity index (χ0) is 19.1. The Balaban J connectivity index is 1.30. The predicted octanol–water partition coefficient (Wildman–Crippen LogP) is 3.34. The molecule has 1 fully saturated rings. The number of ether oxygens (including phenoxy) is 1. The van der Waals surface area contributed by atoms with Gasteiger partial charge >= 0.3 is 0 Å². The van der Waals surface area contributed by atoms with E-state index in [1.54, 1.807) is 18.4 Å². The van der Waals surface area contributed by atoms with Crippen LogP contribution in [-0.2, 0) is 19.5 Å². The van der Waals surface area contributed by atoms with Gasteiger partial charge in [0.1, 0.15) is 16.6 Å². The number of hydrogen-bond acceptors (Lipinski definition) is 6. The van der Waals surface area contributed by atoms with E-state index in [2.05, 4.69) is 15.3 Å². The van der Waals surface area contributed by atoms with E-state index in [0.29, 0.717) is 12.5 Å². The lowest BCUT2D eigenvalue weighted by molar-refractivity contribution is 0.241. The highest BCUT2D eigenvalue weighted by atomic mass is 32.1. The Morgan fingerprint density at radius 3 is 2.82 bits per heavy atom. The second-order valence-electron chi connectivity index (χ2n) is 7.47. The van der Waals surface area contributed by atoms with Gasteiger partial charge in [-0.3, -0.25) is 9.69 Å². The van der Waals surface area contributed by atoms with Crippen LogP contribution in [0.2, 0.25) is 0 Å². The Hall–Kier alpha value is -2.51. The molecular formula is C21H22N4O2S. The minimum Gasteiger partial charge on any atom is -0.497 e. The molecule has 1 saturated carbocycles. The normalized spacial score (nSPS) is 16.8. The van der Waals surface area contributed by atoms with Crippen molar-refractivity contribution in [2.75, 3.05) is 13.7 Å². The SMILES string of the molecule is COc1ccc(-c2csc(CN3CCc4nc(C5CC5)[nH]c(=O)c4C3)n2)cc1. The van der Waals surface area contributed by atoms with Gasteiger partial charge in [0.15, 0.2) is 0 Å². The van der Waals surface area contributed by atoms with Crippen LogP contribution in [-0.4, -0.2) is 33.5 Å². The highest BCUT2D eigenvalue weighted by molar-refractivity contribution is 7.09. The first-order valence-electron chi connectivity index (χ1n) is 9.63. The van der Waals surface area contributed by atoms with Crippen molar-refractivity contribution in [2.45, 2.75) is 38.3 Å². The molecule has 144 valence electrons. The standard InChI is InChI=1S/C21H22N4O2S/c1-27-15-6-4-13(5-7-15)18-12-28-19(22-18)11-25-9-8-17-16(10-25)21(26)24-20(23-17)14-2-3-14/h4-7,12,14H,2-3,8-11H2,1H3,(H,23,24,26). The van der Waals surface area contributed by atoms with E-state index in [-0.39, 0.29) is 5.56 Å². The van der Waals surface area contributed by atoms with Gasteiger partial charge in [-0.2, -0.15) is 0 Å². The van der Waals surface area contributed by atoms with Crippen molar-refractivity contribution in [1.82, 2.24) is 19.9 Å². The molecule has 1 N–H and O–H groups in total. The molecule has 1 aliphatic heterocycles. The summed E-state index contributed by atoms with van der Waals surface area (Å²) in [6.45, 7) is 2.30. The zero-order valence-corrected chi connectivity index (χ0v) is 16.6. The second kappa shape index (κ2) is 7.14. The Morgan fingerprint density at radius 2 is 2.07 bits per heavy atom. The van der Waals surface area contributed by atoms with Gasteiger partial charge in [-0.1, -0.05) is 0 Å². The number of nitrogens with one attached hydrogen (secondary N) is 1. The van der Waals surface area contributed by atoms with Gasteiger partial charge in [0.25, 0.3) is 5.56 Å². The summed E-state index contributed by atoms with van der Waals surface area (Å²) >= 11 is 1.66. The third-order valence-corrected chi connectivity index (χ3v) is 6.26. The molecule has 2 aliphatic rings. The van der Waals surface area contributed by atoms with Crippen molar-refractivity contribution in [3.63, 3.8) is 0 Å². The number of methoxy groups -OCH3 is 1. The van der Waals surface area contributed by atoms with E-state index in [0.717, 1.165) is 71.4 Å². The first kappa shape index (κ1) is 17.6. The fourth-order valence-electron chi connectivity index (χ4n) is 3.65. The molecule has 28 heavy (non-hydrogen) atoms. The van der Waals surface area contributed by atoms with Crippen LogP contribution < -0.4 is 10.3 Å². The molecule has 0 radical (unpaired) electrons. The van der Waals surface area contributed by atoms with E-state index >= 15 is 0 Å². The number of nitrogens with zero attached hydrogens (tertiary/aromatic N) is 3. The molecule has 0 amide bonds. The van der Waals surface area contributed by atoms with Crippen LogP contribution in [0.15, 0.2) is 34.4 Å². The molecule has 3 aromatic rings. The van der Waals surface area contributed by atoms with Crippen molar-refractivity contribution < 1.29 is 4.74 Å². The van der Waals surface area contributed by atoms with E-state index in [4.69, 9.17) is 14.7 Å². The number of aromatic amines is 1. The van der Waals surface area contributed by atoms with Crippen molar-refractivity contribution in [3.05, 3.63) is 62.1 Å². The fourth-order valence-corrected chi connectivity index (χ4v) is 4.50. The summed E-state index contributed by atoms with van der Waals surface area (Å²) in [5, 5.41) is 3.15. The second-order valence-corrected chi connectivity index (χ2v) is 8.41. The third-order valence-electron chi connectivity index (χ3n) is 5.43. The molecule has 0 atom stereocenters. The van der Waals surface area contributed by atoms with Crippen LogP contribution in [0, 0.1) is 0 Å². The molecule has 5 rings (SSSR count). The molecule has 1 aliphatic carbocycles. The highest BCUT2D eigenvalue weighted by Crippen LogP contribution is 2.37. The van der Waals surface area contributed by atoms with Crippen LogP contribution in [0.5, 0.6) is 5.75 Å². The number of hydrogen-bond donors (Lipinski definition) is 1. The van der Waals surface area contributed by atoms with Gasteiger partial charge in [0.05, 0.1) is 30.6 Å². The number of H-pyrrole nitrogens is 1. The maximum Gasteiger partial charge on any atom is 0.255 e. The lowest BCUT2D eigenvalue weighted by Gasteiger charge is -2.26. The lowest BCUT2D eigenvalue weighted by Crippen LogP contribution is -2.35. The average Bonchev–Trinajstić information content (AvgIpc) is 3.48. The van der Waals surface area contributed by atoms with Crippen molar-refractivity contribution >= 4 is 11.3 Å². The minimum absolute atomic E-state index is 0.0367. The molecule has 0 spiro atoms. The van der Waals surface area contributed by atoms with Crippen LogP contribution in [0.25, 0.3) is 11.3 Å². The topological polar surface area (TPSA) is 71.1 Å². The number of benzene rings is 1. The molecule has 2 aromatic heterocycles. The summed E-state index contributed by atoms with van der Waals surface area (Å²) in [6, 6.07) is 7.95. The zero-order valence-electron chi connectivity index (χ0n) is 15.8. The van der Waals surface area contributed by atoms with Crippen LogP contribution in [0.3, 0.4) is 0 Å². The summed E-state index contributed by atoms with van der Waals surface area (Å²) in [4.78, 5) is 27.3. The first-order valence-corrected chi connectivity index (χ1v) is 10.5. The maximum absolute atomic E-state index is 12.5. The lowest BCUT2D eigenvalue weighted by atomic mass is 10.1. The molecule has 0 unspecified atom stereocenters. The molecule has 0 saturated heterocycles. The number of rotatable bonds is 5. The summed E-state index contributed by atoms with van der Waals surface area (Å²) in [7, 11) is 1.67. The first-order chi connectivity index (χ1) is 13.7. The molecule has 7 heteroatoms. The quantitative estimate of drug-likeness (QED) is 0.719. The smallest absolute Gasteiger partial charge is 0.255 e. The van der Waals surface area contributed by atoms with Gasteiger partial charge in [-0.25, -0.2) is 9.97 Å². The third kappa shape index (κ3) is 3.47. The van der Waals surface area contributed by atoms with Gasteiger partial charge in [-0.05, 0) is 37.1 Å². The van der Waals surface area contributed by atoms with Crippen molar-refractivity contribution in [1.29, 1.82) is 0 Å². The highest BCUT2D eigenvalue weighted by Gasteiger charge is 2.29. The number of aromatic nitrogens is 3. The summed E-state index contributed by atoms with van der Waals surface area (Å²) in [5.41, 5.74) is 3.91. The molecule has 6 nitrogen and oxygen atoms in total. The van der Waals surface area contributed by atoms with E-state index in [1.165, 1.54) is 0 Å². The van der Waals surface area contributed by atoms with E-state index < -0.39 is 0 Å². The number of fused-ring (bicyclic) bond motifs is 1. The Labute approximate surface area is 167 Å². The van der Waals surface area contributed by atoms with Crippen molar-refractivity contribution in [3.8, 4) is 17.0 Å². The summed E-state index contributed by atoms with van der Waals surface area (Å²) in [6.07, 6.45) is 3.12. The minimum atomic E-state index is 0.0367. The molecule has 3 heterocycles. The van der Waals surface area contributed by atoms with E-state index in [9.17, 15) is 4.79 Å². The van der Waals surface area contributed by atoms with Gasteiger partial charge in [0.2, 0.25) is 0 Å². The predicted molar refractivity (Wildman–Crippen MR) is 109 cm³/mol. The fraction of sp³-hybridized carbons (Fsp3) is 0.381. The van der Waals surface area contributed by atoms with Gasteiger partial charge in [-0.15, -0.1) is 11.3 Å². The Morgan fingerprint density at radius 1 is 1.25 bits per heavy atom. The summed E-state index contributed by atoms with van der Waals surface area (Å²) in [5.74, 6) is 2.21. The Bertz CT molecular complexity index is 1050. The van der Waals surface area contributed by atoms with Gasteiger partial charge in [0, 0.05) is 36.4 Å². The summed E-state index contributed by atoms with van der Waals surface area (Å²) < 4.78 is 5.22. The average molecular weight is 395 g/mol. The largest absolute Gasteiger partial charge is 0.497 e. The number of thiazole rings is 1. The van der Waals surface area contributed by atoms with Crippen LogP contribution >= 0.6 is 11.3 Å². The Kier molecular flexibility index (Phi) is 4.49. The maximum atomic E-state index is 12.5. The van der Waals surface area contributed by atoms with Crippen LogP contribution in [0.1, 0.15) is 40.8 Å². The molecular weight excluding hydrogens is 372 g/mol. The van der Waals surface area contributed by atoms with E-state index in [1.807, 2.05) is 24.3 Å². The molecule has 0 bridgehead atoms. The molecule has 1 aromatic carbocycles. The van der Waals surface area contributed by atoms with Gasteiger partial charge < -0.3 is 9.72 Å².